The van der Waals surface area contributed by atoms with Gasteiger partial charge in [0.2, 0.25) is 0 Å². The Balaban J connectivity index is 1.57. The Kier molecular flexibility index (Phi) is 2.43. The topological polar surface area (TPSA) is 12.0 Å². The molecule has 4 saturated carbocycles. The van der Waals surface area contributed by atoms with Crippen LogP contribution in [0.25, 0.3) is 0 Å². The first-order chi connectivity index (χ1) is 8.79. The van der Waals surface area contributed by atoms with Crippen LogP contribution >= 0.6 is 0 Å². The minimum Gasteiger partial charge on any atom is -0.382 e. The molecule has 1 aromatic rings. The van der Waals surface area contributed by atoms with Crippen molar-refractivity contribution in [1.29, 1.82) is 0 Å². The second-order valence-corrected chi connectivity index (χ2v) is 6.92. The highest BCUT2D eigenvalue weighted by Crippen LogP contribution is 2.54. The van der Waals surface area contributed by atoms with Crippen LogP contribution in [0, 0.1) is 30.6 Å². The molecule has 4 bridgehead atoms. The van der Waals surface area contributed by atoms with E-state index in [9.17, 15) is 0 Å². The van der Waals surface area contributed by atoms with E-state index in [1.165, 1.54) is 36.9 Å². The summed E-state index contributed by atoms with van der Waals surface area (Å²) >= 11 is 0. The maximum Gasteiger partial charge on any atom is 0.0372 e. The zero-order valence-electron chi connectivity index (χ0n) is 11.2. The normalized spacial score (nSPS) is 41.1. The number of benzene rings is 1. The summed E-state index contributed by atoms with van der Waals surface area (Å²) in [5.41, 5.74) is 2.77. The van der Waals surface area contributed by atoms with Crippen molar-refractivity contribution in [2.24, 2.45) is 23.7 Å². The van der Waals surface area contributed by atoms with Gasteiger partial charge in [-0.1, -0.05) is 18.2 Å². The minimum atomic E-state index is 0.763. The highest BCUT2D eigenvalue weighted by Gasteiger charge is 2.48. The number of nitrogens with one attached hydrogen (secondary N) is 1. The molecule has 0 heterocycles. The van der Waals surface area contributed by atoms with Crippen LogP contribution in [0.2, 0.25) is 0 Å². The summed E-state index contributed by atoms with van der Waals surface area (Å²) in [6.45, 7) is 2.22. The summed E-state index contributed by atoms with van der Waals surface area (Å²) in [5, 5.41) is 3.89. The molecule has 4 aliphatic carbocycles. The van der Waals surface area contributed by atoms with Crippen molar-refractivity contribution < 1.29 is 0 Å². The van der Waals surface area contributed by atoms with Gasteiger partial charge < -0.3 is 5.32 Å². The highest BCUT2D eigenvalue weighted by atomic mass is 15.0. The fourth-order valence-corrected chi connectivity index (χ4v) is 5.08. The zero-order valence-corrected chi connectivity index (χ0v) is 11.2. The Labute approximate surface area is 110 Å². The zero-order chi connectivity index (χ0) is 12.1. The van der Waals surface area contributed by atoms with Crippen molar-refractivity contribution in [3.05, 3.63) is 29.8 Å². The molecule has 1 aromatic carbocycles. The van der Waals surface area contributed by atoms with Gasteiger partial charge in [0.15, 0.2) is 0 Å². The fraction of sp³-hybridized carbons (Fsp3) is 0.647. The van der Waals surface area contributed by atoms with Crippen molar-refractivity contribution in [2.45, 2.75) is 45.1 Å². The third kappa shape index (κ3) is 1.67. The lowest BCUT2D eigenvalue weighted by Crippen LogP contribution is -2.51. The number of aryl methyl sites for hydroxylation is 1. The first kappa shape index (κ1) is 10.9. The van der Waals surface area contributed by atoms with Gasteiger partial charge in [-0.2, -0.15) is 0 Å². The summed E-state index contributed by atoms with van der Waals surface area (Å²) in [5.74, 6) is 4.06. The van der Waals surface area contributed by atoms with Gasteiger partial charge in [-0.15, -0.1) is 0 Å². The molecule has 0 aromatic heterocycles. The Hall–Kier alpha value is -0.980. The third-order valence-corrected chi connectivity index (χ3v) is 5.69. The summed E-state index contributed by atoms with van der Waals surface area (Å²) in [6.07, 6.45) is 7.53. The molecule has 0 atom stereocenters. The second kappa shape index (κ2) is 4.01. The first-order valence-corrected chi connectivity index (χ1v) is 7.62. The smallest absolute Gasteiger partial charge is 0.0372 e. The van der Waals surface area contributed by atoms with Crippen LogP contribution < -0.4 is 5.32 Å². The van der Waals surface area contributed by atoms with E-state index in [-0.39, 0.29) is 0 Å². The van der Waals surface area contributed by atoms with Gasteiger partial charge >= 0.3 is 0 Å². The first-order valence-electron chi connectivity index (χ1n) is 7.62. The Morgan fingerprint density at radius 1 is 0.889 bits per heavy atom. The van der Waals surface area contributed by atoms with Gasteiger partial charge in [0.25, 0.3) is 0 Å². The summed E-state index contributed by atoms with van der Waals surface area (Å²) < 4.78 is 0. The van der Waals surface area contributed by atoms with Crippen molar-refractivity contribution in [3.8, 4) is 0 Å². The summed E-state index contributed by atoms with van der Waals surface area (Å²) in [7, 11) is 0. The number of hydrogen-bond donors (Lipinski definition) is 1. The maximum atomic E-state index is 3.89. The van der Waals surface area contributed by atoms with E-state index < -0.39 is 0 Å². The van der Waals surface area contributed by atoms with Gasteiger partial charge in [0.1, 0.15) is 0 Å². The lowest BCUT2D eigenvalue weighted by Gasteiger charge is -2.54. The van der Waals surface area contributed by atoms with E-state index in [1.54, 1.807) is 6.42 Å². The lowest BCUT2D eigenvalue weighted by molar-refractivity contribution is 0.00752. The van der Waals surface area contributed by atoms with Crippen molar-refractivity contribution in [2.75, 3.05) is 5.32 Å². The number of para-hydroxylation sites is 1. The monoisotopic (exact) mass is 241 g/mol. The molecule has 4 aliphatic rings. The Morgan fingerprint density at radius 3 is 2.11 bits per heavy atom. The maximum absolute atomic E-state index is 3.89. The van der Waals surface area contributed by atoms with Crippen molar-refractivity contribution in [3.63, 3.8) is 0 Å². The molecule has 0 unspecified atom stereocenters. The van der Waals surface area contributed by atoms with E-state index in [4.69, 9.17) is 0 Å². The molecule has 0 saturated heterocycles. The van der Waals surface area contributed by atoms with Gasteiger partial charge in [0.05, 0.1) is 0 Å². The number of rotatable bonds is 2. The van der Waals surface area contributed by atoms with Crippen LogP contribution in [0.4, 0.5) is 5.69 Å². The fourth-order valence-electron chi connectivity index (χ4n) is 5.08. The van der Waals surface area contributed by atoms with Crippen LogP contribution in [0.3, 0.4) is 0 Å². The number of hydrogen-bond acceptors (Lipinski definition) is 1. The van der Waals surface area contributed by atoms with Crippen LogP contribution in [0.5, 0.6) is 0 Å². The predicted octanol–water partition coefficient (Wildman–Crippen LogP) is 4.23. The van der Waals surface area contributed by atoms with E-state index in [0.29, 0.717) is 0 Å². The molecule has 1 N–H and O–H groups in total. The molecule has 1 nitrogen and oxygen atoms in total. The second-order valence-electron chi connectivity index (χ2n) is 6.92. The largest absolute Gasteiger partial charge is 0.382 e. The van der Waals surface area contributed by atoms with E-state index >= 15 is 0 Å². The van der Waals surface area contributed by atoms with E-state index in [2.05, 4.69) is 36.5 Å². The average Bonchev–Trinajstić information content (AvgIpc) is 2.35. The molecular formula is C17H23N. The molecular weight excluding hydrogens is 218 g/mol. The van der Waals surface area contributed by atoms with Crippen LogP contribution in [0.15, 0.2) is 24.3 Å². The summed E-state index contributed by atoms with van der Waals surface area (Å²) in [6, 6.07) is 9.53. The van der Waals surface area contributed by atoms with Gasteiger partial charge in [-0.05, 0) is 74.3 Å². The molecule has 0 aliphatic heterocycles. The van der Waals surface area contributed by atoms with Crippen molar-refractivity contribution in [1.82, 2.24) is 0 Å². The molecule has 0 amide bonds. The lowest BCUT2D eigenvalue weighted by atomic mass is 9.54. The third-order valence-electron chi connectivity index (χ3n) is 5.69. The predicted molar refractivity (Wildman–Crippen MR) is 75.6 cm³/mol. The molecule has 96 valence electrons. The van der Waals surface area contributed by atoms with Gasteiger partial charge in [-0.25, -0.2) is 0 Å². The standard InChI is InChI=1S/C17H23N/c1-11-4-2-3-5-16(11)18-17-14-7-12-6-13(9-14)10-15(17)8-12/h2-5,12-15,17-18H,6-10H2,1H3. The Bertz CT molecular complexity index is 423. The quantitative estimate of drug-likeness (QED) is 0.817. The SMILES string of the molecule is Cc1ccccc1NC1C2CC3CC(C2)CC1C3. The van der Waals surface area contributed by atoms with Gasteiger partial charge in [-0.3, -0.25) is 0 Å². The molecule has 0 radical (unpaired) electrons. The van der Waals surface area contributed by atoms with Crippen LogP contribution in [-0.2, 0) is 0 Å². The van der Waals surface area contributed by atoms with Gasteiger partial charge in [0, 0.05) is 11.7 Å². The van der Waals surface area contributed by atoms with Crippen LogP contribution in [0.1, 0.15) is 37.7 Å². The van der Waals surface area contributed by atoms with Crippen molar-refractivity contribution >= 4 is 5.69 Å². The molecule has 18 heavy (non-hydrogen) atoms. The van der Waals surface area contributed by atoms with E-state index in [0.717, 1.165) is 29.7 Å². The summed E-state index contributed by atoms with van der Waals surface area (Å²) in [4.78, 5) is 0. The highest BCUT2D eigenvalue weighted by molar-refractivity contribution is 5.51. The van der Waals surface area contributed by atoms with Crippen LogP contribution in [-0.4, -0.2) is 6.04 Å². The average molecular weight is 241 g/mol. The Morgan fingerprint density at radius 2 is 1.50 bits per heavy atom. The van der Waals surface area contributed by atoms with E-state index in [1.807, 2.05) is 0 Å². The molecule has 4 fully saturated rings. The minimum absolute atomic E-state index is 0.763. The molecule has 5 rings (SSSR count). The molecule has 1 heteroatoms. The number of anilines is 1. The molecule has 0 spiro atoms.